The summed E-state index contributed by atoms with van der Waals surface area (Å²) in [7, 11) is 0. The van der Waals surface area contributed by atoms with E-state index in [4.69, 9.17) is 0 Å². The largest absolute Gasteiger partial charge is 0.370 e. The van der Waals surface area contributed by atoms with Gasteiger partial charge in [-0.25, -0.2) is 0 Å². The van der Waals surface area contributed by atoms with Crippen molar-refractivity contribution >= 4 is 17.3 Å². The summed E-state index contributed by atoms with van der Waals surface area (Å²) in [5, 5.41) is 3.14. The SMILES string of the molecule is C[C@@H]1C[C@H]1C(=O)Nc1ccccc1N1CCCCCC1. The maximum absolute atomic E-state index is 12.2. The Kier molecular flexibility index (Phi) is 3.95. The van der Waals surface area contributed by atoms with E-state index in [0.29, 0.717) is 5.92 Å². The molecule has 108 valence electrons. The molecule has 1 N–H and O–H groups in total. The molecule has 2 atom stereocenters. The maximum Gasteiger partial charge on any atom is 0.227 e. The van der Waals surface area contributed by atoms with E-state index in [-0.39, 0.29) is 11.8 Å². The van der Waals surface area contributed by atoms with Crippen molar-refractivity contribution in [2.45, 2.75) is 39.0 Å². The quantitative estimate of drug-likeness (QED) is 0.910. The molecule has 1 aliphatic heterocycles. The number of carbonyl (C=O) groups excluding carboxylic acids is 1. The van der Waals surface area contributed by atoms with Gasteiger partial charge < -0.3 is 10.2 Å². The first-order valence-corrected chi connectivity index (χ1v) is 7.90. The highest BCUT2D eigenvalue weighted by atomic mass is 16.2. The van der Waals surface area contributed by atoms with Crippen molar-refractivity contribution in [2.24, 2.45) is 11.8 Å². The third-order valence-corrected chi connectivity index (χ3v) is 4.55. The van der Waals surface area contributed by atoms with E-state index in [2.05, 4.69) is 29.3 Å². The fourth-order valence-electron chi connectivity index (χ4n) is 3.08. The summed E-state index contributed by atoms with van der Waals surface area (Å²) >= 11 is 0. The zero-order valence-corrected chi connectivity index (χ0v) is 12.3. The molecule has 0 aromatic heterocycles. The van der Waals surface area contributed by atoms with Gasteiger partial charge in [-0.15, -0.1) is 0 Å². The van der Waals surface area contributed by atoms with Gasteiger partial charge in [0.05, 0.1) is 11.4 Å². The number of para-hydroxylation sites is 2. The Morgan fingerprint density at radius 2 is 1.80 bits per heavy atom. The lowest BCUT2D eigenvalue weighted by molar-refractivity contribution is -0.117. The standard InChI is InChI=1S/C17H24N2O/c1-13-12-14(13)17(20)18-15-8-4-5-9-16(15)19-10-6-2-3-7-11-19/h4-5,8-9,13-14H,2-3,6-7,10-12H2,1H3,(H,18,20)/t13-,14-/m1/s1. The summed E-state index contributed by atoms with van der Waals surface area (Å²) in [6.45, 7) is 4.35. The lowest BCUT2D eigenvalue weighted by Gasteiger charge is -2.25. The predicted molar refractivity (Wildman–Crippen MR) is 83.0 cm³/mol. The van der Waals surface area contributed by atoms with Crippen molar-refractivity contribution < 1.29 is 4.79 Å². The first kappa shape index (κ1) is 13.5. The molecule has 0 bridgehead atoms. The summed E-state index contributed by atoms with van der Waals surface area (Å²) in [4.78, 5) is 14.6. The van der Waals surface area contributed by atoms with Gasteiger partial charge in [-0.3, -0.25) is 4.79 Å². The van der Waals surface area contributed by atoms with Gasteiger partial charge in [0.25, 0.3) is 0 Å². The van der Waals surface area contributed by atoms with Crippen LogP contribution in [-0.4, -0.2) is 19.0 Å². The van der Waals surface area contributed by atoms with Crippen LogP contribution in [0.25, 0.3) is 0 Å². The van der Waals surface area contributed by atoms with Crippen LogP contribution in [0.2, 0.25) is 0 Å². The third kappa shape index (κ3) is 2.97. The molecular formula is C17H24N2O. The number of rotatable bonds is 3. The zero-order valence-electron chi connectivity index (χ0n) is 12.3. The molecule has 3 nitrogen and oxygen atoms in total. The van der Waals surface area contributed by atoms with Gasteiger partial charge in [-0.1, -0.05) is 31.9 Å². The second-order valence-corrected chi connectivity index (χ2v) is 6.23. The van der Waals surface area contributed by atoms with Crippen molar-refractivity contribution in [3.05, 3.63) is 24.3 Å². The summed E-state index contributed by atoms with van der Waals surface area (Å²) in [5.41, 5.74) is 2.18. The molecule has 20 heavy (non-hydrogen) atoms. The van der Waals surface area contributed by atoms with E-state index in [1.54, 1.807) is 0 Å². The fourth-order valence-corrected chi connectivity index (χ4v) is 3.08. The molecule has 1 aromatic rings. The molecule has 1 heterocycles. The molecule has 2 fully saturated rings. The van der Waals surface area contributed by atoms with Gasteiger partial charge in [0, 0.05) is 19.0 Å². The monoisotopic (exact) mass is 272 g/mol. The van der Waals surface area contributed by atoms with E-state index >= 15 is 0 Å². The van der Waals surface area contributed by atoms with Gasteiger partial charge in [0.2, 0.25) is 5.91 Å². The Morgan fingerprint density at radius 1 is 1.15 bits per heavy atom. The third-order valence-electron chi connectivity index (χ3n) is 4.55. The second kappa shape index (κ2) is 5.86. The minimum absolute atomic E-state index is 0.194. The molecule has 1 saturated heterocycles. The van der Waals surface area contributed by atoms with Crippen LogP contribution < -0.4 is 10.2 Å². The number of amides is 1. The second-order valence-electron chi connectivity index (χ2n) is 6.23. The number of hydrogen-bond acceptors (Lipinski definition) is 2. The highest BCUT2D eigenvalue weighted by Gasteiger charge is 2.39. The predicted octanol–water partition coefficient (Wildman–Crippen LogP) is 3.66. The molecule has 1 aromatic carbocycles. The number of nitrogens with one attached hydrogen (secondary N) is 1. The molecular weight excluding hydrogens is 248 g/mol. The molecule has 1 saturated carbocycles. The Labute approximate surface area is 121 Å². The lowest BCUT2D eigenvalue weighted by atomic mass is 10.2. The Balaban J connectivity index is 1.75. The summed E-state index contributed by atoms with van der Waals surface area (Å²) in [6.07, 6.45) is 6.19. The summed E-state index contributed by atoms with van der Waals surface area (Å²) < 4.78 is 0. The van der Waals surface area contributed by atoms with Gasteiger partial charge in [0.15, 0.2) is 0 Å². The van der Waals surface area contributed by atoms with E-state index in [1.165, 1.54) is 31.4 Å². The van der Waals surface area contributed by atoms with Gasteiger partial charge in [-0.05, 0) is 37.3 Å². The van der Waals surface area contributed by atoms with Crippen LogP contribution in [0.5, 0.6) is 0 Å². The Hall–Kier alpha value is -1.51. The highest BCUT2D eigenvalue weighted by molar-refractivity contribution is 5.97. The number of anilines is 2. The normalized spacial score (nSPS) is 25.9. The van der Waals surface area contributed by atoms with Gasteiger partial charge >= 0.3 is 0 Å². The van der Waals surface area contributed by atoms with Crippen LogP contribution in [0, 0.1) is 11.8 Å². The van der Waals surface area contributed by atoms with Crippen molar-refractivity contribution in [2.75, 3.05) is 23.3 Å². The molecule has 2 aliphatic rings. The first-order valence-electron chi connectivity index (χ1n) is 7.90. The average molecular weight is 272 g/mol. The van der Waals surface area contributed by atoms with Crippen LogP contribution in [0.4, 0.5) is 11.4 Å². The summed E-state index contributed by atoms with van der Waals surface area (Å²) in [6, 6.07) is 8.24. The van der Waals surface area contributed by atoms with Crippen LogP contribution in [0.1, 0.15) is 39.0 Å². The smallest absolute Gasteiger partial charge is 0.227 e. The van der Waals surface area contributed by atoms with Crippen LogP contribution in [-0.2, 0) is 4.79 Å². The molecule has 0 unspecified atom stereocenters. The minimum atomic E-state index is 0.194. The number of carbonyl (C=O) groups is 1. The van der Waals surface area contributed by atoms with Crippen LogP contribution in [0.3, 0.4) is 0 Å². The first-order chi connectivity index (χ1) is 9.75. The van der Waals surface area contributed by atoms with E-state index < -0.39 is 0 Å². The Bertz CT molecular complexity index is 478. The fraction of sp³-hybridized carbons (Fsp3) is 0.588. The van der Waals surface area contributed by atoms with Crippen molar-refractivity contribution in [3.63, 3.8) is 0 Å². The number of nitrogens with zero attached hydrogens (tertiary/aromatic N) is 1. The zero-order chi connectivity index (χ0) is 13.9. The van der Waals surface area contributed by atoms with Gasteiger partial charge in [-0.2, -0.15) is 0 Å². The summed E-state index contributed by atoms with van der Waals surface area (Å²) in [5.74, 6) is 0.979. The highest BCUT2D eigenvalue weighted by Crippen LogP contribution is 2.39. The topological polar surface area (TPSA) is 32.3 Å². The molecule has 1 amide bonds. The minimum Gasteiger partial charge on any atom is -0.370 e. The van der Waals surface area contributed by atoms with E-state index in [9.17, 15) is 4.79 Å². The van der Waals surface area contributed by atoms with Crippen molar-refractivity contribution in [1.82, 2.24) is 0 Å². The maximum atomic E-state index is 12.2. The number of hydrogen-bond donors (Lipinski definition) is 1. The molecule has 0 spiro atoms. The molecule has 1 aliphatic carbocycles. The average Bonchev–Trinajstić information content (AvgIpc) is 3.22. The van der Waals surface area contributed by atoms with Gasteiger partial charge in [0.1, 0.15) is 0 Å². The van der Waals surface area contributed by atoms with Crippen molar-refractivity contribution in [3.8, 4) is 0 Å². The lowest BCUT2D eigenvalue weighted by Crippen LogP contribution is -2.26. The number of benzene rings is 1. The molecule has 3 rings (SSSR count). The molecule has 3 heteroatoms. The van der Waals surface area contributed by atoms with Crippen molar-refractivity contribution in [1.29, 1.82) is 0 Å². The van der Waals surface area contributed by atoms with Crippen LogP contribution in [0.15, 0.2) is 24.3 Å². The van der Waals surface area contributed by atoms with E-state index in [0.717, 1.165) is 25.2 Å². The Morgan fingerprint density at radius 3 is 2.45 bits per heavy atom. The van der Waals surface area contributed by atoms with E-state index in [1.807, 2.05) is 12.1 Å². The molecule has 0 radical (unpaired) electrons. The van der Waals surface area contributed by atoms with Crippen LogP contribution >= 0.6 is 0 Å².